The minimum Gasteiger partial charge on any atom is -0.486 e. The van der Waals surface area contributed by atoms with E-state index in [9.17, 15) is 8.78 Å². The van der Waals surface area contributed by atoms with Gasteiger partial charge in [-0.05, 0) is 29.8 Å². The molecule has 0 unspecified atom stereocenters. The van der Waals surface area contributed by atoms with Crippen molar-refractivity contribution in [2.45, 2.75) is 20.1 Å². The molecule has 0 saturated heterocycles. The number of nitrogens with one attached hydrogen (secondary N) is 1. The van der Waals surface area contributed by atoms with Crippen LogP contribution in [-0.2, 0) is 13.2 Å². The fourth-order valence-electron chi connectivity index (χ4n) is 1.82. The largest absolute Gasteiger partial charge is 0.486 e. The summed E-state index contributed by atoms with van der Waals surface area (Å²) in [7, 11) is 0. The number of benzene rings is 2. The molecule has 0 aliphatic heterocycles. The van der Waals surface area contributed by atoms with Gasteiger partial charge >= 0.3 is 0 Å². The molecule has 0 amide bonds. The summed E-state index contributed by atoms with van der Waals surface area (Å²) in [6.45, 7) is 3.96. The van der Waals surface area contributed by atoms with E-state index in [1.165, 1.54) is 11.6 Å². The first-order valence-electron chi connectivity index (χ1n) is 6.66. The predicted octanol–water partition coefficient (Wildman–Crippen LogP) is 4.42. The van der Waals surface area contributed by atoms with Gasteiger partial charge in [0.25, 0.3) is 0 Å². The van der Waals surface area contributed by atoms with Crippen LogP contribution in [0.4, 0.5) is 8.78 Å². The van der Waals surface area contributed by atoms with Crippen LogP contribution in [0.5, 0.6) is 5.75 Å². The first-order valence-corrected chi connectivity index (χ1v) is 7.45. The maximum atomic E-state index is 13.6. The summed E-state index contributed by atoms with van der Waals surface area (Å²) < 4.78 is 32.6. The molecule has 21 heavy (non-hydrogen) atoms. The summed E-state index contributed by atoms with van der Waals surface area (Å²) in [6.07, 6.45) is 0. The van der Waals surface area contributed by atoms with Gasteiger partial charge in [-0.3, -0.25) is 0 Å². The van der Waals surface area contributed by atoms with E-state index in [0.717, 1.165) is 24.7 Å². The highest BCUT2D eigenvalue weighted by molar-refractivity contribution is 9.10. The van der Waals surface area contributed by atoms with Crippen molar-refractivity contribution in [3.8, 4) is 5.75 Å². The van der Waals surface area contributed by atoms with Crippen LogP contribution in [0.25, 0.3) is 0 Å². The Morgan fingerprint density at radius 2 is 1.76 bits per heavy atom. The normalized spacial score (nSPS) is 10.7. The molecule has 0 radical (unpaired) electrons. The second-order valence-electron chi connectivity index (χ2n) is 4.59. The number of rotatable bonds is 6. The van der Waals surface area contributed by atoms with Gasteiger partial charge in [0, 0.05) is 11.0 Å². The number of hydrogen-bond donors (Lipinski definition) is 1. The van der Waals surface area contributed by atoms with Crippen LogP contribution >= 0.6 is 15.9 Å². The molecule has 0 aliphatic carbocycles. The fourth-order valence-corrected chi connectivity index (χ4v) is 2.23. The second-order valence-corrected chi connectivity index (χ2v) is 5.50. The zero-order chi connectivity index (χ0) is 15.2. The number of ether oxygens (including phenoxy) is 1. The summed E-state index contributed by atoms with van der Waals surface area (Å²) >= 11 is 3.11. The summed E-state index contributed by atoms with van der Waals surface area (Å²) in [6, 6.07) is 10.3. The lowest BCUT2D eigenvalue weighted by atomic mass is 10.1. The Morgan fingerprint density at radius 3 is 2.43 bits per heavy atom. The van der Waals surface area contributed by atoms with Gasteiger partial charge in [0.2, 0.25) is 5.82 Å². The molecule has 0 spiro atoms. The Kier molecular flexibility index (Phi) is 5.70. The van der Waals surface area contributed by atoms with Gasteiger partial charge in [0.1, 0.15) is 6.61 Å². The fraction of sp³-hybridized carbons (Fsp3) is 0.250. The molecular formula is C16H16BrF2NO. The van der Waals surface area contributed by atoms with Crippen LogP contribution in [0.3, 0.4) is 0 Å². The Morgan fingerprint density at radius 1 is 1.10 bits per heavy atom. The second kappa shape index (κ2) is 7.52. The minimum atomic E-state index is -0.970. The Labute approximate surface area is 131 Å². The highest BCUT2D eigenvalue weighted by Crippen LogP contribution is 2.26. The van der Waals surface area contributed by atoms with Crippen LogP contribution in [-0.4, -0.2) is 6.54 Å². The zero-order valence-electron chi connectivity index (χ0n) is 11.6. The lowest BCUT2D eigenvalue weighted by Crippen LogP contribution is -2.11. The first kappa shape index (κ1) is 15.9. The summed E-state index contributed by atoms with van der Waals surface area (Å²) in [4.78, 5) is 0. The highest BCUT2D eigenvalue weighted by atomic mass is 79.9. The minimum absolute atomic E-state index is 0.0985. The van der Waals surface area contributed by atoms with Crippen molar-refractivity contribution in [1.29, 1.82) is 0 Å². The van der Waals surface area contributed by atoms with E-state index in [4.69, 9.17) is 4.74 Å². The Bertz CT molecular complexity index is 602. The van der Waals surface area contributed by atoms with E-state index in [-0.39, 0.29) is 12.4 Å². The van der Waals surface area contributed by atoms with Crippen molar-refractivity contribution >= 4 is 15.9 Å². The number of hydrogen-bond acceptors (Lipinski definition) is 2. The average Bonchev–Trinajstić information content (AvgIpc) is 2.48. The van der Waals surface area contributed by atoms with Crippen LogP contribution in [0.1, 0.15) is 18.1 Å². The molecule has 0 aliphatic rings. The van der Waals surface area contributed by atoms with Crippen molar-refractivity contribution in [2.24, 2.45) is 0 Å². The van der Waals surface area contributed by atoms with Crippen LogP contribution in [0.2, 0.25) is 0 Å². The van der Waals surface area contributed by atoms with Crippen LogP contribution in [0.15, 0.2) is 40.9 Å². The molecule has 0 bridgehead atoms. The van der Waals surface area contributed by atoms with Gasteiger partial charge in [-0.2, -0.15) is 4.39 Å². The molecule has 1 N–H and O–H groups in total. The molecule has 0 saturated carbocycles. The lowest BCUT2D eigenvalue weighted by molar-refractivity contribution is 0.284. The monoisotopic (exact) mass is 355 g/mol. The molecular weight excluding hydrogens is 340 g/mol. The van der Waals surface area contributed by atoms with E-state index in [1.807, 2.05) is 31.2 Å². The molecule has 2 aromatic rings. The summed E-state index contributed by atoms with van der Waals surface area (Å²) in [5.41, 5.74) is 2.07. The van der Waals surface area contributed by atoms with Crippen molar-refractivity contribution in [1.82, 2.24) is 5.32 Å². The molecule has 5 heteroatoms. The average molecular weight is 356 g/mol. The maximum Gasteiger partial charge on any atom is 0.200 e. The molecule has 0 atom stereocenters. The SMILES string of the molecule is CCNCc1ccc(COc2cc(Br)cc(F)c2F)cc1. The highest BCUT2D eigenvalue weighted by Gasteiger charge is 2.11. The summed E-state index contributed by atoms with van der Waals surface area (Å²) in [5, 5.41) is 3.23. The van der Waals surface area contributed by atoms with E-state index < -0.39 is 11.6 Å². The molecule has 0 heterocycles. The number of halogens is 3. The maximum absolute atomic E-state index is 13.6. The summed E-state index contributed by atoms with van der Waals surface area (Å²) in [5.74, 6) is -2.00. The molecule has 2 aromatic carbocycles. The third kappa shape index (κ3) is 4.51. The zero-order valence-corrected chi connectivity index (χ0v) is 13.2. The lowest BCUT2D eigenvalue weighted by Gasteiger charge is -2.09. The smallest absolute Gasteiger partial charge is 0.200 e. The van der Waals surface area contributed by atoms with Gasteiger partial charge in [0.15, 0.2) is 11.6 Å². The van der Waals surface area contributed by atoms with E-state index in [1.54, 1.807) is 0 Å². The van der Waals surface area contributed by atoms with Gasteiger partial charge in [-0.15, -0.1) is 0 Å². The van der Waals surface area contributed by atoms with Gasteiger partial charge < -0.3 is 10.1 Å². The molecule has 0 fully saturated rings. The third-order valence-electron chi connectivity index (χ3n) is 2.96. The quantitative estimate of drug-likeness (QED) is 0.774. The van der Waals surface area contributed by atoms with Crippen LogP contribution < -0.4 is 10.1 Å². The van der Waals surface area contributed by atoms with Crippen molar-refractivity contribution in [3.63, 3.8) is 0 Å². The van der Waals surface area contributed by atoms with E-state index >= 15 is 0 Å². The van der Waals surface area contributed by atoms with Gasteiger partial charge in [-0.25, -0.2) is 4.39 Å². The standard InChI is InChI=1S/C16H16BrF2NO/c1-2-20-9-11-3-5-12(6-4-11)10-21-15-8-13(17)7-14(18)16(15)19/h3-8,20H,2,9-10H2,1H3. The Balaban J connectivity index is 2.00. The first-order chi connectivity index (χ1) is 10.1. The molecule has 112 valence electrons. The van der Waals surface area contributed by atoms with Crippen molar-refractivity contribution in [3.05, 3.63) is 63.6 Å². The molecule has 2 rings (SSSR count). The molecule has 0 aromatic heterocycles. The van der Waals surface area contributed by atoms with Crippen LogP contribution in [0, 0.1) is 11.6 Å². The van der Waals surface area contributed by atoms with E-state index in [2.05, 4.69) is 21.2 Å². The predicted molar refractivity (Wildman–Crippen MR) is 82.2 cm³/mol. The van der Waals surface area contributed by atoms with Gasteiger partial charge in [-0.1, -0.05) is 47.1 Å². The van der Waals surface area contributed by atoms with Crippen molar-refractivity contribution in [2.75, 3.05) is 6.54 Å². The topological polar surface area (TPSA) is 21.3 Å². The Hall–Kier alpha value is -1.46. The van der Waals surface area contributed by atoms with E-state index in [0.29, 0.717) is 4.47 Å². The molecule has 2 nitrogen and oxygen atoms in total. The third-order valence-corrected chi connectivity index (χ3v) is 3.41. The van der Waals surface area contributed by atoms with Gasteiger partial charge in [0.05, 0.1) is 0 Å². The van der Waals surface area contributed by atoms with Crippen molar-refractivity contribution < 1.29 is 13.5 Å².